The molecule has 0 aliphatic carbocycles. The van der Waals surface area contributed by atoms with Crippen LogP contribution in [0.1, 0.15) is 0 Å². The van der Waals surface area contributed by atoms with E-state index >= 15 is 0 Å². The van der Waals surface area contributed by atoms with Gasteiger partial charge in [0.2, 0.25) is 0 Å². The normalized spacial score (nSPS) is 12.0. The lowest BCUT2D eigenvalue weighted by Gasteiger charge is -2.17. The van der Waals surface area contributed by atoms with Gasteiger partial charge in [-0.2, -0.15) is 0 Å². The van der Waals surface area contributed by atoms with Gasteiger partial charge in [-0.1, -0.05) is 182 Å². The maximum absolute atomic E-state index is 7.10. The molecule has 0 saturated carbocycles. The van der Waals surface area contributed by atoms with Crippen LogP contribution in [0.4, 0.5) is 0 Å². The smallest absolute Gasteiger partial charge is 0.143 e. The molecule has 13 aromatic rings. The third-order valence-corrected chi connectivity index (χ3v) is 13.8. The molecule has 0 aliphatic heterocycles. The van der Waals surface area contributed by atoms with Crippen molar-refractivity contribution in [3.05, 3.63) is 206 Å². The predicted octanol–water partition coefficient (Wildman–Crippen LogP) is 17.2. The first kappa shape index (κ1) is 33.5. The fourth-order valence-corrected chi connectivity index (χ4v) is 11.3. The first-order chi connectivity index (χ1) is 29.8. The standard InChI is InChI=1S/C58H34OS/c1-2-15-35(16-3-1)54-45-22-8-10-24-47(45)57(48-25-11-9-23-46(48)54)50-27-14-26-49-38-31-29-36(33-51(38)59-58(49)50)55-41-18-4-6-20-43(41)56(44-21-7-5-19-42(44)55)37-30-32-40-39-17-12-13-28-52(39)60-53(40)34-37/h1-34H. The number of hydrogen-bond donors (Lipinski definition) is 0. The van der Waals surface area contributed by atoms with Crippen molar-refractivity contribution < 1.29 is 4.42 Å². The number of thiophene rings is 1. The van der Waals surface area contributed by atoms with Crippen LogP contribution in [0.3, 0.4) is 0 Å². The van der Waals surface area contributed by atoms with E-state index in [1.165, 1.54) is 96.6 Å². The minimum atomic E-state index is 0.886. The van der Waals surface area contributed by atoms with Crippen LogP contribution in [0.15, 0.2) is 211 Å². The van der Waals surface area contributed by atoms with Crippen molar-refractivity contribution in [2.24, 2.45) is 0 Å². The molecule has 13 rings (SSSR count). The molecule has 0 fully saturated rings. The fraction of sp³-hybridized carbons (Fsp3) is 0. The lowest BCUT2D eigenvalue weighted by Crippen LogP contribution is -1.90. The summed E-state index contributed by atoms with van der Waals surface area (Å²) in [5.74, 6) is 0. The van der Waals surface area contributed by atoms with Crippen LogP contribution in [0.25, 0.3) is 130 Å². The summed E-state index contributed by atoms with van der Waals surface area (Å²) in [6.07, 6.45) is 0. The molecule has 278 valence electrons. The van der Waals surface area contributed by atoms with Gasteiger partial charge in [0.05, 0.1) is 0 Å². The minimum Gasteiger partial charge on any atom is -0.455 e. The highest BCUT2D eigenvalue weighted by Crippen LogP contribution is 2.49. The summed E-state index contributed by atoms with van der Waals surface area (Å²) in [5.41, 5.74) is 11.5. The second-order valence-electron chi connectivity index (χ2n) is 15.9. The largest absolute Gasteiger partial charge is 0.455 e. The summed E-state index contributed by atoms with van der Waals surface area (Å²) < 4.78 is 9.74. The molecule has 2 aromatic heterocycles. The average Bonchev–Trinajstić information content (AvgIpc) is 3.88. The van der Waals surface area contributed by atoms with Gasteiger partial charge in [0.25, 0.3) is 0 Å². The van der Waals surface area contributed by atoms with Gasteiger partial charge in [-0.3, -0.25) is 0 Å². The van der Waals surface area contributed by atoms with Gasteiger partial charge in [-0.15, -0.1) is 11.3 Å². The van der Waals surface area contributed by atoms with E-state index in [4.69, 9.17) is 4.42 Å². The topological polar surface area (TPSA) is 13.1 Å². The SMILES string of the molecule is c1ccc(-c2c3ccccc3c(-c3cccc4c3oc3cc(-c5c6ccccc6c(-c6ccc7c(c6)sc6ccccc67)c6ccccc56)ccc34)c3ccccc23)cc1. The van der Waals surface area contributed by atoms with Crippen LogP contribution in [0, 0.1) is 0 Å². The maximum Gasteiger partial charge on any atom is 0.143 e. The quantitative estimate of drug-likeness (QED) is 0.162. The van der Waals surface area contributed by atoms with Crippen LogP contribution in [0.2, 0.25) is 0 Å². The molecule has 0 radical (unpaired) electrons. The third kappa shape index (κ3) is 4.86. The number of benzene rings is 11. The van der Waals surface area contributed by atoms with Crippen molar-refractivity contribution in [2.45, 2.75) is 0 Å². The zero-order valence-electron chi connectivity index (χ0n) is 32.4. The number of hydrogen-bond acceptors (Lipinski definition) is 2. The van der Waals surface area contributed by atoms with Gasteiger partial charge in [0.15, 0.2) is 0 Å². The van der Waals surface area contributed by atoms with Gasteiger partial charge < -0.3 is 4.42 Å². The molecule has 0 saturated heterocycles. The Bertz CT molecular complexity index is 3770. The van der Waals surface area contributed by atoms with Crippen LogP contribution in [-0.4, -0.2) is 0 Å². The molecule has 2 heterocycles. The monoisotopic (exact) mass is 778 g/mol. The molecule has 0 N–H and O–H groups in total. The van der Waals surface area contributed by atoms with Crippen molar-refractivity contribution in [2.75, 3.05) is 0 Å². The molecule has 11 aromatic carbocycles. The Morgan fingerprint density at radius 2 is 0.700 bits per heavy atom. The molecule has 0 amide bonds. The molecule has 60 heavy (non-hydrogen) atoms. The van der Waals surface area contributed by atoms with Gasteiger partial charge in [0, 0.05) is 42.1 Å². The number of para-hydroxylation sites is 1. The highest BCUT2D eigenvalue weighted by atomic mass is 32.1. The predicted molar refractivity (Wildman–Crippen MR) is 258 cm³/mol. The van der Waals surface area contributed by atoms with Crippen molar-refractivity contribution in [3.63, 3.8) is 0 Å². The van der Waals surface area contributed by atoms with Gasteiger partial charge in [-0.25, -0.2) is 0 Å². The second kappa shape index (κ2) is 13.0. The molecule has 0 bridgehead atoms. The Balaban J connectivity index is 1.03. The van der Waals surface area contributed by atoms with Crippen molar-refractivity contribution >= 4 is 96.5 Å². The molecule has 0 unspecified atom stereocenters. The van der Waals surface area contributed by atoms with E-state index in [9.17, 15) is 0 Å². The van der Waals surface area contributed by atoms with Gasteiger partial charge in [-0.05, 0) is 101 Å². The molecular weight excluding hydrogens is 745 g/mol. The highest BCUT2D eigenvalue weighted by molar-refractivity contribution is 7.25. The number of furan rings is 1. The third-order valence-electron chi connectivity index (χ3n) is 12.6. The van der Waals surface area contributed by atoms with E-state index in [0.717, 1.165) is 33.1 Å². The molecule has 1 nitrogen and oxygen atoms in total. The number of rotatable bonds is 4. The lowest BCUT2D eigenvalue weighted by atomic mass is 9.85. The Labute approximate surface area is 350 Å². The summed E-state index contributed by atoms with van der Waals surface area (Å²) >= 11 is 1.87. The van der Waals surface area contributed by atoms with Crippen molar-refractivity contribution in [1.29, 1.82) is 0 Å². The van der Waals surface area contributed by atoms with Crippen molar-refractivity contribution in [3.8, 4) is 44.5 Å². The Morgan fingerprint density at radius 3 is 1.28 bits per heavy atom. The maximum atomic E-state index is 7.10. The van der Waals surface area contributed by atoms with Crippen LogP contribution in [0.5, 0.6) is 0 Å². The first-order valence-corrected chi connectivity index (χ1v) is 21.4. The minimum absolute atomic E-state index is 0.886. The van der Waals surface area contributed by atoms with E-state index in [-0.39, 0.29) is 0 Å². The second-order valence-corrected chi connectivity index (χ2v) is 16.9. The zero-order valence-corrected chi connectivity index (χ0v) is 33.3. The Hall–Kier alpha value is -7.52. The molecule has 2 heteroatoms. The lowest BCUT2D eigenvalue weighted by molar-refractivity contribution is 0.670. The number of fused-ring (bicyclic) bond motifs is 10. The van der Waals surface area contributed by atoms with Gasteiger partial charge in [0.1, 0.15) is 11.2 Å². The van der Waals surface area contributed by atoms with Gasteiger partial charge >= 0.3 is 0 Å². The summed E-state index contributed by atoms with van der Waals surface area (Å²) in [4.78, 5) is 0. The summed E-state index contributed by atoms with van der Waals surface area (Å²) in [5, 5.41) is 14.7. The van der Waals surface area contributed by atoms with E-state index in [1.54, 1.807) is 0 Å². The molecule has 0 aliphatic rings. The Morgan fingerprint density at radius 1 is 0.267 bits per heavy atom. The van der Waals surface area contributed by atoms with Crippen LogP contribution in [-0.2, 0) is 0 Å². The van der Waals surface area contributed by atoms with Crippen LogP contribution >= 0.6 is 11.3 Å². The average molecular weight is 779 g/mol. The van der Waals surface area contributed by atoms with E-state index < -0.39 is 0 Å². The van der Waals surface area contributed by atoms with Crippen LogP contribution < -0.4 is 0 Å². The van der Waals surface area contributed by atoms with E-state index in [2.05, 4.69) is 206 Å². The summed E-state index contributed by atoms with van der Waals surface area (Å²) in [7, 11) is 0. The molecule has 0 atom stereocenters. The zero-order chi connectivity index (χ0) is 39.3. The van der Waals surface area contributed by atoms with E-state index in [1.807, 2.05) is 11.3 Å². The van der Waals surface area contributed by atoms with Crippen molar-refractivity contribution in [1.82, 2.24) is 0 Å². The highest BCUT2D eigenvalue weighted by Gasteiger charge is 2.22. The van der Waals surface area contributed by atoms with E-state index in [0.29, 0.717) is 0 Å². The summed E-state index contributed by atoms with van der Waals surface area (Å²) in [6.45, 7) is 0. The Kier molecular flexibility index (Phi) is 7.24. The summed E-state index contributed by atoms with van der Waals surface area (Å²) in [6, 6.07) is 75.5. The fourth-order valence-electron chi connectivity index (χ4n) is 10.1. The molecular formula is C58H34OS. The first-order valence-electron chi connectivity index (χ1n) is 20.6. The molecule has 0 spiro atoms.